The summed E-state index contributed by atoms with van der Waals surface area (Å²) in [5, 5.41) is 59.4. The fraction of sp³-hybridized carbons (Fsp3) is 0.531. The largest absolute Gasteiger partial charge is 0.504 e. The summed E-state index contributed by atoms with van der Waals surface area (Å²) in [5.41, 5.74) is -1.10. The first-order chi connectivity index (χ1) is 23.9. The number of hydrogen-bond acceptors (Lipinski definition) is 16. The van der Waals surface area contributed by atoms with Gasteiger partial charge in [0, 0.05) is 18.0 Å². The Morgan fingerprint density at radius 3 is 2.29 bits per heavy atom. The normalized spacial score (nSPS) is 26.5. The van der Waals surface area contributed by atoms with Crippen LogP contribution < -0.4 is 4.74 Å². The van der Waals surface area contributed by atoms with Crippen LogP contribution in [0.3, 0.4) is 0 Å². The molecule has 0 unspecified atom stereocenters. The third-order valence-electron chi connectivity index (χ3n) is 9.64. The SMILES string of the molecule is C[C@H](OC(=O)[C@H](CC(=O)OC1=CC[C@@]2(O)[C@@H]3Cc4ccc(O)c5c4[C@@]2(CCN3C)[C@H]1O5)OC(=O)C[C@H](O)C(=O)O)C(=O)O[C@@H](CC(=O)O)C(=O)O. The van der Waals surface area contributed by atoms with E-state index in [0.717, 1.165) is 12.5 Å². The van der Waals surface area contributed by atoms with Gasteiger partial charge in [-0.05, 0) is 51.1 Å². The van der Waals surface area contributed by atoms with Gasteiger partial charge in [-0.15, -0.1) is 0 Å². The smallest absolute Gasteiger partial charge is 0.348 e. The number of likely N-dealkylation sites (tertiary alicyclic amines) is 1. The lowest BCUT2D eigenvalue weighted by Gasteiger charge is -2.61. The highest BCUT2D eigenvalue weighted by Gasteiger charge is 2.72. The molecule has 8 atom stereocenters. The number of aliphatic hydroxyl groups excluding tert-OH is 1. The van der Waals surface area contributed by atoms with E-state index in [1.54, 1.807) is 6.07 Å². The van der Waals surface area contributed by atoms with Crippen molar-refractivity contribution in [1.82, 2.24) is 4.90 Å². The molecule has 2 heterocycles. The number of carbonyl (C=O) groups excluding carboxylic acids is 4. The molecule has 276 valence electrons. The molecule has 4 aliphatic rings. The molecule has 19 heteroatoms. The fourth-order valence-corrected chi connectivity index (χ4v) is 7.26. The van der Waals surface area contributed by atoms with Gasteiger partial charge in [0.05, 0.1) is 30.3 Å². The molecule has 1 aromatic rings. The van der Waals surface area contributed by atoms with Crippen LogP contribution in [0.15, 0.2) is 24.0 Å². The number of benzene rings is 1. The summed E-state index contributed by atoms with van der Waals surface area (Å²) in [5.74, 6) is -11.1. The number of piperidine rings is 1. The van der Waals surface area contributed by atoms with E-state index in [1.807, 2.05) is 11.9 Å². The first-order valence-electron chi connectivity index (χ1n) is 15.7. The molecular formula is C32H35NO18. The van der Waals surface area contributed by atoms with Crippen LogP contribution >= 0.6 is 0 Å². The molecule has 2 bridgehead atoms. The van der Waals surface area contributed by atoms with Crippen LogP contribution in [0.2, 0.25) is 0 Å². The van der Waals surface area contributed by atoms with Crippen molar-refractivity contribution in [3.8, 4) is 11.5 Å². The first kappa shape index (κ1) is 37.0. The van der Waals surface area contributed by atoms with Crippen LogP contribution in [0.4, 0.5) is 0 Å². The highest BCUT2D eigenvalue weighted by molar-refractivity contribution is 5.89. The zero-order valence-corrected chi connectivity index (χ0v) is 27.2. The molecule has 1 aromatic carbocycles. The number of hydrogen-bond donors (Lipinski definition) is 6. The highest BCUT2D eigenvalue weighted by Crippen LogP contribution is 2.65. The Labute approximate surface area is 287 Å². The summed E-state index contributed by atoms with van der Waals surface area (Å²) in [6, 6.07) is 2.86. The highest BCUT2D eigenvalue weighted by atomic mass is 16.6. The lowest BCUT2D eigenvalue weighted by molar-refractivity contribution is -0.185. The second-order valence-electron chi connectivity index (χ2n) is 12.8. The molecule has 1 spiro atoms. The van der Waals surface area contributed by atoms with Gasteiger partial charge in [-0.25, -0.2) is 19.2 Å². The third kappa shape index (κ3) is 6.66. The number of ether oxygens (including phenoxy) is 5. The molecule has 0 amide bonds. The van der Waals surface area contributed by atoms with Gasteiger partial charge in [0.1, 0.15) is 5.76 Å². The standard InChI is InChI=1S/C32H35NO18/c1-13(29(44)50-18(28(42)43)11-21(36)37)47-30(45)19(49-22(38)10-16(35)27(40)41)12-23(39)48-17-5-6-32(46)20-9-14-3-4-15(34)25-24(14)31(32,26(17)51-25)7-8-33(20)2/h3-5,13,16,18-20,26,34-35,46H,6-12H2,1-2H3,(H,36,37)(H,40,41)(H,42,43)/t13-,16-,18-,19-,20-,26-,31-,32+/m0/s1. The zero-order chi connectivity index (χ0) is 37.6. The average Bonchev–Trinajstić information content (AvgIpc) is 3.40. The molecule has 1 fully saturated rings. The van der Waals surface area contributed by atoms with E-state index in [2.05, 4.69) is 4.74 Å². The van der Waals surface area contributed by atoms with Gasteiger partial charge in [-0.2, -0.15) is 0 Å². The van der Waals surface area contributed by atoms with E-state index in [-0.39, 0.29) is 29.7 Å². The molecule has 0 radical (unpaired) electrons. The minimum Gasteiger partial charge on any atom is -0.504 e. The molecule has 0 saturated carbocycles. The average molecular weight is 722 g/mol. The number of carboxylic acid groups (broad SMARTS) is 3. The van der Waals surface area contributed by atoms with Crippen molar-refractivity contribution in [1.29, 1.82) is 0 Å². The molecule has 2 aliphatic carbocycles. The maximum Gasteiger partial charge on any atom is 0.348 e. The van der Waals surface area contributed by atoms with Crippen LogP contribution in [-0.4, -0.2) is 133 Å². The van der Waals surface area contributed by atoms with Gasteiger partial charge < -0.3 is 59.2 Å². The number of carbonyl (C=O) groups is 7. The van der Waals surface area contributed by atoms with E-state index >= 15 is 0 Å². The number of esters is 4. The van der Waals surface area contributed by atoms with Crippen molar-refractivity contribution in [3.05, 3.63) is 35.1 Å². The number of phenols is 1. The quantitative estimate of drug-likeness (QED) is 0.0966. The zero-order valence-electron chi connectivity index (χ0n) is 27.2. The molecule has 51 heavy (non-hydrogen) atoms. The number of phenolic OH excluding ortho intramolecular Hbond substituents is 1. The van der Waals surface area contributed by atoms with E-state index in [1.165, 1.54) is 12.1 Å². The summed E-state index contributed by atoms with van der Waals surface area (Å²) >= 11 is 0. The monoisotopic (exact) mass is 721 g/mol. The number of carboxylic acids is 3. The van der Waals surface area contributed by atoms with E-state index in [4.69, 9.17) is 34.3 Å². The second-order valence-corrected chi connectivity index (χ2v) is 12.8. The molecule has 2 aliphatic heterocycles. The van der Waals surface area contributed by atoms with Crippen LogP contribution in [0, 0.1) is 0 Å². The number of likely N-dealkylation sites (N-methyl/N-ethyl adjacent to an activating group) is 1. The molecule has 5 rings (SSSR count). The third-order valence-corrected chi connectivity index (χ3v) is 9.64. The number of aliphatic carboxylic acids is 3. The van der Waals surface area contributed by atoms with E-state index in [9.17, 15) is 48.9 Å². The van der Waals surface area contributed by atoms with Gasteiger partial charge in [0.25, 0.3) is 0 Å². The molecule has 1 saturated heterocycles. The Morgan fingerprint density at radius 2 is 1.65 bits per heavy atom. The summed E-state index contributed by atoms with van der Waals surface area (Å²) in [7, 11) is 1.88. The van der Waals surface area contributed by atoms with Crippen molar-refractivity contribution in [3.63, 3.8) is 0 Å². The lowest BCUT2D eigenvalue weighted by Crippen LogP contribution is -2.74. The van der Waals surface area contributed by atoms with Crippen molar-refractivity contribution < 1.29 is 87.9 Å². The molecule has 19 nitrogen and oxygen atoms in total. The predicted octanol–water partition coefficient (Wildman–Crippen LogP) is -1.25. The first-order valence-corrected chi connectivity index (χ1v) is 15.7. The van der Waals surface area contributed by atoms with Crippen LogP contribution in [-0.2, 0) is 64.3 Å². The van der Waals surface area contributed by atoms with Gasteiger partial charge in [-0.3, -0.25) is 14.4 Å². The second kappa shape index (κ2) is 13.8. The minimum atomic E-state index is -2.25. The Bertz CT molecular complexity index is 1700. The lowest BCUT2D eigenvalue weighted by atomic mass is 9.50. The van der Waals surface area contributed by atoms with Gasteiger partial charge >= 0.3 is 41.8 Å². The maximum atomic E-state index is 13.4. The Morgan fingerprint density at radius 1 is 0.941 bits per heavy atom. The predicted molar refractivity (Wildman–Crippen MR) is 161 cm³/mol. The Hall–Kier alpha value is -5.27. The maximum absolute atomic E-state index is 13.4. The van der Waals surface area contributed by atoms with E-state index in [0.29, 0.717) is 24.9 Å². The van der Waals surface area contributed by atoms with Crippen molar-refractivity contribution in [2.24, 2.45) is 0 Å². The number of rotatable bonds is 14. The van der Waals surface area contributed by atoms with E-state index < -0.39 is 103 Å². The number of nitrogens with zero attached hydrogens (tertiary/aromatic N) is 1. The number of aromatic hydroxyl groups is 1. The summed E-state index contributed by atoms with van der Waals surface area (Å²) < 4.78 is 26.3. The van der Waals surface area contributed by atoms with Gasteiger partial charge in [-0.1, -0.05) is 6.07 Å². The van der Waals surface area contributed by atoms with Crippen molar-refractivity contribution in [2.75, 3.05) is 13.6 Å². The summed E-state index contributed by atoms with van der Waals surface area (Å²) in [6.07, 6.45) is -10.8. The van der Waals surface area contributed by atoms with Crippen LogP contribution in [0.1, 0.15) is 50.2 Å². The van der Waals surface area contributed by atoms with Crippen LogP contribution in [0.5, 0.6) is 11.5 Å². The molecule has 0 aromatic heterocycles. The summed E-state index contributed by atoms with van der Waals surface area (Å²) in [4.78, 5) is 86.6. The topological polar surface area (TPSA) is 290 Å². The Balaban J connectivity index is 1.35. The number of aliphatic hydroxyl groups is 2. The summed E-state index contributed by atoms with van der Waals surface area (Å²) in [6.45, 7) is 1.44. The van der Waals surface area contributed by atoms with Crippen molar-refractivity contribution >= 4 is 41.8 Å². The van der Waals surface area contributed by atoms with Gasteiger partial charge in [0.15, 0.2) is 29.8 Å². The fourth-order valence-electron chi connectivity index (χ4n) is 7.26. The molecule has 6 N–H and O–H groups in total. The molecular weight excluding hydrogens is 686 g/mol. The Kier molecular flexibility index (Phi) is 10.0. The minimum absolute atomic E-state index is 0.00535. The van der Waals surface area contributed by atoms with Gasteiger partial charge in [0.2, 0.25) is 12.2 Å². The van der Waals surface area contributed by atoms with Crippen LogP contribution in [0.25, 0.3) is 0 Å². The van der Waals surface area contributed by atoms with Crippen molar-refractivity contribution in [2.45, 2.75) is 93.0 Å².